The van der Waals surface area contributed by atoms with Gasteiger partial charge >= 0.3 is 0 Å². The van der Waals surface area contributed by atoms with Crippen LogP contribution in [0.15, 0.2) is 134 Å². The molecule has 0 aliphatic heterocycles. The van der Waals surface area contributed by atoms with E-state index in [-0.39, 0.29) is 27.1 Å². The highest BCUT2D eigenvalue weighted by Gasteiger charge is 2.34. The van der Waals surface area contributed by atoms with Crippen LogP contribution in [0.1, 0.15) is 218 Å². The molecule has 4 heterocycles. The van der Waals surface area contributed by atoms with Crippen LogP contribution in [0.5, 0.6) is 0 Å². The van der Waals surface area contributed by atoms with Gasteiger partial charge in [-0.2, -0.15) is 0 Å². The fourth-order valence-electron chi connectivity index (χ4n) is 11.9. The number of hydrogen-bond acceptors (Lipinski definition) is 0. The highest BCUT2D eigenvalue weighted by molar-refractivity contribution is 5.65. The second-order valence-corrected chi connectivity index (χ2v) is 28.4. The Bertz CT molecular complexity index is 3760. The predicted molar refractivity (Wildman–Crippen MR) is 371 cm³/mol. The van der Waals surface area contributed by atoms with Crippen LogP contribution in [0.4, 0.5) is 0 Å². The van der Waals surface area contributed by atoms with Crippen molar-refractivity contribution >= 4 is 0 Å². The van der Waals surface area contributed by atoms with Crippen LogP contribution in [0.3, 0.4) is 0 Å². The molecule has 4 heteroatoms. The Morgan fingerprint density at radius 1 is 0.291 bits per heavy atom. The summed E-state index contributed by atoms with van der Waals surface area (Å²) in [5, 5.41) is 0. The second kappa shape index (κ2) is 28.5. The zero-order valence-corrected chi connectivity index (χ0v) is 59.0. The first kappa shape index (κ1) is 65.5. The van der Waals surface area contributed by atoms with E-state index in [9.17, 15) is 0 Å². The lowest BCUT2D eigenvalue weighted by Crippen LogP contribution is -2.37. The van der Waals surface area contributed by atoms with E-state index < -0.39 is 6.85 Å². The van der Waals surface area contributed by atoms with Crippen molar-refractivity contribution in [2.45, 2.75) is 225 Å². The van der Waals surface area contributed by atoms with Gasteiger partial charge in [-0.15, -0.1) is 0 Å². The Morgan fingerprint density at radius 2 is 0.558 bits per heavy atom. The molecule has 0 saturated heterocycles. The monoisotopic (exact) mass is 1160 g/mol. The fourth-order valence-corrected chi connectivity index (χ4v) is 11.9. The molecule has 0 unspecified atom stereocenters. The van der Waals surface area contributed by atoms with Gasteiger partial charge in [0.1, 0.15) is 28.2 Å². The van der Waals surface area contributed by atoms with Crippen molar-refractivity contribution in [3.05, 3.63) is 212 Å². The van der Waals surface area contributed by atoms with Crippen LogP contribution in [0.2, 0.25) is 0 Å². The molecule has 4 aromatic carbocycles. The summed E-state index contributed by atoms with van der Waals surface area (Å²) < 4.78 is 31.7. The van der Waals surface area contributed by atoms with E-state index in [0.29, 0.717) is 5.56 Å². The fraction of sp³-hybridized carbons (Fsp3) is 0.463. The van der Waals surface area contributed by atoms with Gasteiger partial charge in [0, 0.05) is 72.9 Å². The summed E-state index contributed by atoms with van der Waals surface area (Å²) >= 11 is 0. The number of rotatable bonds is 14. The van der Waals surface area contributed by atoms with E-state index in [0.717, 1.165) is 48.9 Å². The van der Waals surface area contributed by atoms with E-state index in [1.165, 1.54) is 101 Å². The molecule has 0 spiro atoms. The number of nitrogens with zero attached hydrogens (tertiary/aromatic N) is 4. The van der Waals surface area contributed by atoms with Crippen LogP contribution in [0, 0.1) is 62.2 Å². The lowest BCUT2D eigenvalue weighted by Gasteiger charge is -2.32. The molecule has 4 aromatic heterocycles. The third-order valence-corrected chi connectivity index (χ3v) is 19.8. The van der Waals surface area contributed by atoms with Crippen molar-refractivity contribution in [3.8, 4) is 45.0 Å². The Hall–Kier alpha value is -6.52. The molecule has 460 valence electrons. The maximum atomic E-state index is 7.57. The van der Waals surface area contributed by atoms with Crippen molar-refractivity contribution in [1.29, 1.82) is 0 Å². The average molecular weight is 1160 g/mol. The highest BCUT2D eigenvalue weighted by atomic mass is 14.9. The second-order valence-electron chi connectivity index (χ2n) is 28.4. The quantitative estimate of drug-likeness (QED) is 0.0965. The first-order valence-electron chi connectivity index (χ1n) is 33.6. The number of hydrogen-bond donors (Lipinski definition) is 0. The van der Waals surface area contributed by atoms with Crippen LogP contribution >= 0.6 is 0 Å². The van der Waals surface area contributed by atoms with Gasteiger partial charge in [-0.3, -0.25) is 0 Å². The van der Waals surface area contributed by atoms with Crippen LogP contribution < -0.4 is 18.3 Å². The highest BCUT2D eigenvalue weighted by Crippen LogP contribution is 2.40. The zero-order chi connectivity index (χ0) is 67.1. The smallest absolute Gasteiger partial charge is 0.201 e. The van der Waals surface area contributed by atoms with Gasteiger partial charge in [-0.25, -0.2) is 18.3 Å². The van der Waals surface area contributed by atoms with Crippen LogP contribution in [0.25, 0.3) is 45.0 Å². The normalized spacial score (nSPS) is 12.6. The van der Waals surface area contributed by atoms with Gasteiger partial charge in [-0.05, 0) is 190 Å². The summed E-state index contributed by atoms with van der Waals surface area (Å²) in [7, 11) is 8.54. The number of pyridine rings is 4. The number of benzene rings is 4. The Balaban J connectivity index is 0.000000217. The minimum Gasteiger partial charge on any atom is -0.201 e. The Morgan fingerprint density at radius 3 is 0.872 bits per heavy atom. The van der Waals surface area contributed by atoms with Crippen molar-refractivity contribution < 1.29 is 22.4 Å². The van der Waals surface area contributed by atoms with E-state index in [2.05, 4.69) is 315 Å². The zero-order valence-electron chi connectivity index (χ0n) is 62.0. The molecular formula is C82H116N4+4. The molecule has 0 fully saturated rings. The molecule has 86 heavy (non-hydrogen) atoms. The Labute approximate surface area is 530 Å². The van der Waals surface area contributed by atoms with Gasteiger partial charge in [0.15, 0.2) is 24.8 Å². The third-order valence-electron chi connectivity index (χ3n) is 19.8. The SMILES string of the molecule is CCC(C)(C)c1c[n+](C)c(-c2ccc(C)cc2C)cc1C.CCC(C)(C)c1c[n+](C)c(-c2ccccc2C)cc1C.CCC(C)(C)c1cc(-c2ccccc2C)[n+](C)cc1C(C)(C)CC.[2H]C([2H])([2H])c1ccc(-c2cc(C)c(C(C)(C)CC)c[n+]2C)c(C)c1. The molecule has 8 rings (SSSR count). The predicted octanol–water partition coefficient (Wildman–Crippen LogP) is 19.9. The molecule has 4 nitrogen and oxygen atoms in total. The molecule has 0 saturated carbocycles. The topological polar surface area (TPSA) is 15.5 Å². The molecular weight excluding hydrogens is 1040 g/mol. The minimum atomic E-state index is -2.06. The summed E-state index contributed by atoms with van der Waals surface area (Å²) in [5.41, 5.74) is 29.0. The standard InChI is InChI=1S/C23H34N.2C20H28N.C19H26N/c1-9-22(4,5)19-15-21(18-14-12-11-13-17(18)3)24(8)16-20(19)23(6,7)10-2;2*1-8-20(5,6)18-13-21(7)19(12-16(18)4)17-10-9-14(2)11-15(17)3;1-7-19(4,5)17-13-20(6)18(12-15(17)3)16-11-9-8-10-14(16)2/h11-16H,9-10H2,1-8H3;2*9-13H,8H2,1-7H3;8-13H,7H2,1-6H3/q4*+1/i;2D3;;. The van der Waals surface area contributed by atoms with Crippen molar-refractivity contribution in [2.75, 3.05) is 0 Å². The molecule has 0 atom stereocenters. The van der Waals surface area contributed by atoms with Gasteiger partial charge in [0.2, 0.25) is 22.8 Å². The summed E-state index contributed by atoms with van der Waals surface area (Å²) in [4.78, 5) is 0. The first-order chi connectivity index (χ1) is 41.2. The van der Waals surface area contributed by atoms with Crippen molar-refractivity contribution in [1.82, 2.24) is 0 Å². The lowest BCUT2D eigenvalue weighted by molar-refractivity contribution is -0.661. The van der Waals surface area contributed by atoms with Gasteiger partial charge in [0.05, 0.1) is 0 Å². The lowest BCUT2D eigenvalue weighted by atomic mass is 9.71. The summed E-state index contributed by atoms with van der Waals surface area (Å²) in [6.45, 7) is 49.9. The molecule has 0 aliphatic carbocycles. The largest absolute Gasteiger partial charge is 0.212 e. The molecule has 0 amide bonds. The van der Waals surface area contributed by atoms with Crippen LogP contribution in [-0.2, 0) is 55.3 Å². The van der Waals surface area contributed by atoms with Gasteiger partial charge < -0.3 is 0 Å². The Kier molecular flexibility index (Phi) is 21.7. The van der Waals surface area contributed by atoms with E-state index >= 15 is 0 Å². The maximum Gasteiger partial charge on any atom is 0.212 e. The van der Waals surface area contributed by atoms with E-state index in [1.807, 2.05) is 13.0 Å². The summed E-state index contributed by atoms with van der Waals surface area (Å²) in [5.74, 6) is 0. The summed E-state index contributed by atoms with van der Waals surface area (Å²) in [6, 6.07) is 38.7. The number of aromatic nitrogens is 4. The average Bonchev–Trinajstić information content (AvgIpc) is 1.03. The minimum absolute atomic E-state index is 0.139. The van der Waals surface area contributed by atoms with E-state index in [4.69, 9.17) is 4.11 Å². The van der Waals surface area contributed by atoms with Gasteiger partial charge in [-0.1, -0.05) is 176 Å². The molecule has 0 bridgehead atoms. The molecule has 0 aliphatic rings. The maximum absolute atomic E-state index is 7.57. The van der Waals surface area contributed by atoms with Crippen molar-refractivity contribution in [3.63, 3.8) is 0 Å². The van der Waals surface area contributed by atoms with Gasteiger partial charge in [0.25, 0.3) is 0 Å². The summed E-state index contributed by atoms with van der Waals surface area (Å²) in [6.07, 6.45) is 14.9. The molecule has 0 N–H and O–H groups in total. The number of aryl methyl sites for hydroxylation is 13. The third kappa shape index (κ3) is 16.4. The van der Waals surface area contributed by atoms with Crippen molar-refractivity contribution in [2.24, 2.45) is 28.2 Å². The first-order valence-corrected chi connectivity index (χ1v) is 32.1. The molecule has 0 radical (unpaired) electrons. The molecule has 8 aromatic rings. The van der Waals surface area contributed by atoms with E-state index in [1.54, 1.807) is 12.1 Å². The van der Waals surface area contributed by atoms with Crippen LogP contribution in [-0.4, -0.2) is 0 Å².